The summed E-state index contributed by atoms with van der Waals surface area (Å²) < 4.78 is 10.5. The Kier molecular flexibility index (Phi) is 4.27. The maximum absolute atomic E-state index is 11.0. The Morgan fingerprint density at radius 1 is 1.26 bits per heavy atom. The lowest BCUT2D eigenvalue weighted by Crippen LogP contribution is -2.42. The average molecular weight is 265 g/mol. The van der Waals surface area contributed by atoms with Gasteiger partial charge in [0.25, 0.3) is 0 Å². The molecule has 104 valence electrons. The van der Waals surface area contributed by atoms with Gasteiger partial charge in [0.15, 0.2) is 11.5 Å². The molecule has 0 radical (unpaired) electrons. The minimum absolute atomic E-state index is 0.0506. The highest BCUT2D eigenvalue weighted by Crippen LogP contribution is 2.33. The second-order valence-electron chi connectivity index (χ2n) is 4.66. The monoisotopic (exact) mass is 265 g/mol. The van der Waals surface area contributed by atoms with Gasteiger partial charge in [-0.3, -0.25) is 10.1 Å². The Bertz CT molecular complexity index is 461. The zero-order chi connectivity index (χ0) is 13.8. The van der Waals surface area contributed by atoms with Gasteiger partial charge in [0.1, 0.15) is 6.04 Å². The van der Waals surface area contributed by atoms with Gasteiger partial charge >= 0.3 is 5.97 Å². The molecule has 0 bridgehead atoms. The second-order valence-corrected chi connectivity index (χ2v) is 4.66. The topological polar surface area (TPSA) is 67.8 Å². The Morgan fingerprint density at radius 2 is 2.00 bits per heavy atom. The number of piperidine rings is 1. The lowest BCUT2D eigenvalue weighted by atomic mass is 9.93. The van der Waals surface area contributed by atoms with Crippen molar-refractivity contribution in [3.63, 3.8) is 0 Å². The number of rotatable bonds is 4. The van der Waals surface area contributed by atoms with Gasteiger partial charge in [-0.2, -0.15) is 0 Å². The van der Waals surface area contributed by atoms with Crippen LogP contribution in [0.5, 0.6) is 11.5 Å². The van der Waals surface area contributed by atoms with Crippen LogP contribution in [-0.4, -0.2) is 31.3 Å². The predicted octanol–water partition coefficient (Wildman–Crippen LogP) is 1.97. The van der Waals surface area contributed by atoms with Gasteiger partial charge in [0.2, 0.25) is 0 Å². The fourth-order valence-electron chi connectivity index (χ4n) is 2.46. The average Bonchev–Trinajstić information content (AvgIpc) is 2.46. The van der Waals surface area contributed by atoms with Crippen molar-refractivity contribution >= 4 is 5.97 Å². The van der Waals surface area contributed by atoms with E-state index in [0.29, 0.717) is 17.9 Å². The summed E-state index contributed by atoms with van der Waals surface area (Å²) in [6, 6.07) is 5.28. The van der Waals surface area contributed by atoms with Crippen LogP contribution >= 0.6 is 0 Å². The van der Waals surface area contributed by atoms with Gasteiger partial charge in [-0.1, -0.05) is 6.07 Å². The smallest absolute Gasteiger partial charge is 0.320 e. The molecule has 2 atom stereocenters. The molecule has 1 aromatic rings. The van der Waals surface area contributed by atoms with Crippen molar-refractivity contribution in [1.82, 2.24) is 5.32 Å². The maximum atomic E-state index is 11.0. The summed E-state index contributed by atoms with van der Waals surface area (Å²) in [7, 11) is 3.19. The van der Waals surface area contributed by atoms with E-state index in [2.05, 4.69) is 5.32 Å². The third-order valence-corrected chi connectivity index (χ3v) is 3.50. The molecule has 0 aromatic heterocycles. The molecule has 0 amide bonds. The lowest BCUT2D eigenvalue weighted by molar-refractivity contribution is -0.140. The van der Waals surface area contributed by atoms with E-state index in [4.69, 9.17) is 14.6 Å². The van der Waals surface area contributed by atoms with E-state index >= 15 is 0 Å². The Morgan fingerprint density at radius 3 is 2.63 bits per heavy atom. The first-order chi connectivity index (χ1) is 9.15. The number of ether oxygens (including phenoxy) is 2. The number of nitrogens with one attached hydrogen (secondary N) is 1. The summed E-state index contributed by atoms with van der Waals surface area (Å²) in [5.41, 5.74) is 1.03. The normalized spacial score (nSPS) is 22.8. The first kappa shape index (κ1) is 13.7. The molecule has 0 aliphatic carbocycles. The Balaban J connectivity index is 2.19. The standard InChI is InChI=1S/C14H19NO4/c1-18-12-7-6-9(8-13(12)19-2)10-4-3-5-11(15-10)14(16)17/h6-8,10-11,15H,3-5H2,1-2H3,(H,16,17)/t10-,11+/m0/s1. The van der Waals surface area contributed by atoms with E-state index in [1.54, 1.807) is 14.2 Å². The summed E-state index contributed by atoms with van der Waals surface area (Å²) in [6.07, 6.45) is 2.52. The number of methoxy groups -OCH3 is 2. The third-order valence-electron chi connectivity index (χ3n) is 3.50. The maximum Gasteiger partial charge on any atom is 0.320 e. The highest BCUT2D eigenvalue weighted by atomic mass is 16.5. The van der Waals surface area contributed by atoms with Crippen LogP contribution in [0, 0.1) is 0 Å². The van der Waals surface area contributed by atoms with E-state index in [-0.39, 0.29) is 6.04 Å². The number of hydrogen-bond acceptors (Lipinski definition) is 4. The van der Waals surface area contributed by atoms with Crippen LogP contribution in [0.3, 0.4) is 0 Å². The molecule has 2 N–H and O–H groups in total. The number of aliphatic carboxylic acids is 1. The molecule has 1 saturated heterocycles. The van der Waals surface area contributed by atoms with Gasteiger partial charge in [-0.05, 0) is 37.0 Å². The van der Waals surface area contributed by atoms with E-state index in [9.17, 15) is 4.79 Å². The van der Waals surface area contributed by atoms with Gasteiger partial charge < -0.3 is 14.6 Å². The van der Waals surface area contributed by atoms with Crippen molar-refractivity contribution in [3.8, 4) is 11.5 Å². The molecule has 2 rings (SSSR count). The number of carboxylic acid groups (broad SMARTS) is 1. The van der Waals surface area contributed by atoms with Crippen LogP contribution in [0.1, 0.15) is 30.9 Å². The van der Waals surface area contributed by atoms with Crippen LogP contribution in [-0.2, 0) is 4.79 Å². The van der Waals surface area contributed by atoms with Crippen molar-refractivity contribution in [2.45, 2.75) is 31.3 Å². The van der Waals surface area contributed by atoms with Crippen molar-refractivity contribution in [2.24, 2.45) is 0 Å². The first-order valence-corrected chi connectivity index (χ1v) is 6.36. The van der Waals surface area contributed by atoms with E-state index < -0.39 is 12.0 Å². The van der Waals surface area contributed by atoms with Gasteiger partial charge in [-0.25, -0.2) is 0 Å². The van der Waals surface area contributed by atoms with Crippen molar-refractivity contribution in [1.29, 1.82) is 0 Å². The fraction of sp³-hybridized carbons (Fsp3) is 0.500. The number of benzene rings is 1. The van der Waals surface area contributed by atoms with Crippen molar-refractivity contribution < 1.29 is 19.4 Å². The fourth-order valence-corrected chi connectivity index (χ4v) is 2.46. The van der Waals surface area contributed by atoms with Crippen molar-refractivity contribution in [3.05, 3.63) is 23.8 Å². The number of hydrogen-bond donors (Lipinski definition) is 2. The zero-order valence-corrected chi connectivity index (χ0v) is 11.2. The molecule has 5 nitrogen and oxygen atoms in total. The summed E-state index contributed by atoms with van der Waals surface area (Å²) in [5, 5.41) is 12.2. The van der Waals surface area contributed by atoms with E-state index in [1.165, 1.54) is 0 Å². The summed E-state index contributed by atoms with van der Waals surface area (Å²) in [4.78, 5) is 11.0. The third kappa shape index (κ3) is 2.98. The molecular weight excluding hydrogens is 246 g/mol. The number of carbonyl (C=O) groups is 1. The lowest BCUT2D eigenvalue weighted by Gasteiger charge is -2.29. The Hall–Kier alpha value is -1.75. The van der Waals surface area contributed by atoms with Gasteiger partial charge in [0.05, 0.1) is 14.2 Å². The van der Waals surface area contributed by atoms with Gasteiger partial charge in [-0.15, -0.1) is 0 Å². The second kappa shape index (κ2) is 5.93. The molecule has 1 aliphatic rings. The molecule has 1 fully saturated rings. The van der Waals surface area contributed by atoms with Crippen molar-refractivity contribution in [2.75, 3.05) is 14.2 Å². The van der Waals surface area contributed by atoms with Crippen LogP contribution < -0.4 is 14.8 Å². The molecule has 1 heterocycles. The molecular formula is C14H19NO4. The highest BCUT2D eigenvalue weighted by Gasteiger charge is 2.27. The number of carboxylic acids is 1. The molecule has 0 spiro atoms. The van der Waals surface area contributed by atoms with Gasteiger partial charge in [0, 0.05) is 6.04 Å². The molecule has 1 aromatic carbocycles. The molecule has 0 unspecified atom stereocenters. The Labute approximate surface area is 112 Å². The zero-order valence-electron chi connectivity index (χ0n) is 11.2. The summed E-state index contributed by atoms with van der Waals surface area (Å²) >= 11 is 0. The largest absolute Gasteiger partial charge is 0.493 e. The molecule has 5 heteroatoms. The van der Waals surface area contributed by atoms with E-state index in [1.807, 2.05) is 18.2 Å². The SMILES string of the molecule is COc1ccc([C@@H]2CCC[C@H](C(=O)O)N2)cc1OC. The minimum Gasteiger partial charge on any atom is -0.493 e. The van der Waals surface area contributed by atoms with Crippen LogP contribution in [0.15, 0.2) is 18.2 Å². The van der Waals surface area contributed by atoms with Crippen LogP contribution in [0.4, 0.5) is 0 Å². The van der Waals surface area contributed by atoms with Crippen LogP contribution in [0.25, 0.3) is 0 Å². The summed E-state index contributed by atoms with van der Waals surface area (Å²) in [5.74, 6) is 0.557. The first-order valence-electron chi connectivity index (χ1n) is 6.36. The summed E-state index contributed by atoms with van der Waals surface area (Å²) in [6.45, 7) is 0. The molecule has 19 heavy (non-hydrogen) atoms. The predicted molar refractivity (Wildman–Crippen MR) is 70.7 cm³/mol. The van der Waals surface area contributed by atoms with Crippen LogP contribution in [0.2, 0.25) is 0 Å². The minimum atomic E-state index is -0.787. The quantitative estimate of drug-likeness (QED) is 0.871. The van der Waals surface area contributed by atoms with E-state index in [0.717, 1.165) is 18.4 Å². The highest BCUT2D eigenvalue weighted by molar-refractivity contribution is 5.73. The molecule has 0 saturated carbocycles. The molecule has 1 aliphatic heterocycles.